The van der Waals surface area contributed by atoms with Crippen LogP contribution in [0.5, 0.6) is 11.5 Å². The van der Waals surface area contributed by atoms with Crippen molar-refractivity contribution in [3.63, 3.8) is 0 Å². The Bertz CT molecular complexity index is 1280. The number of ether oxygens (including phenoxy) is 2. The van der Waals surface area contributed by atoms with Crippen LogP contribution < -0.4 is 20.3 Å². The fraction of sp³-hybridized carbons (Fsp3) is 0.0455. The van der Waals surface area contributed by atoms with Crippen LogP contribution in [0.1, 0.15) is 0 Å². The number of pyridine rings is 2. The lowest BCUT2D eigenvalue weighted by Gasteiger charge is -2.11. The first kappa shape index (κ1) is 17.0. The maximum absolute atomic E-state index is 12.7. The van der Waals surface area contributed by atoms with Crippen molar-refractivity contribution >= 4 is 22.4 Å². The Balaban J connectivity index is 1.40. The first-order chi connectivity index (χ1) is 14.2. The molecule has 0 fully saturated rings. The lowest BCUT2D eigenvalue weighted by atomic mass is 10.1. The second-order valence-corrected chi connectivity index (χ2v) is 6.54. The van der Waals surface area contributed by atoms with Crippen LogP contribution >= 0.6 is 0 Å². The van der Waals surface area contributed by atoms with Crippen LogP contribution in [0.4, 0.5) is 5.69 Å². The van der Waals surface area contributed by atoms with E-state index in [2.05, 4.69) is 15.3 Å². The number of aromatic amines is 1. The molecule has 1 atom stereocenters. The summed E-state index contributed by atoms with van der Waals surface area (Å²) in [4.78, 5) is 31.5. The normalized spacial score (nSPS) is 14.7. The smallest absolute Gasteiger partial charge is 0.322 e. The highest BCUT2D eigenvalue weighted by atomic mass is 16.7. The summed E-state index contributed by atoms with van der Waals surface area (Å²) in [5.41, 5.74) is 1.29. The molecule has 0 aliphatic carbocycles. The average molecular weight is 385 g/mol. The quantitative estimate of drug-likeness (QED) is 0.564. The molecule has 142 valence electrons. The van der Waals surface area contributed by atoms with Gasteiger partial charge in [0, 0.05) is 29.5 Å². The Morgan fingerprint density at radius 1 is 1.00 bits per heavy atom. The number of carbonyl (C=O) groups is 1. The number of nitrogens with zero attached hydrogens (tertiary/aromatic N) is 1. The Morgan fingerprint density at radius 3 is 2.69 bits per heavy atom. The van der Waals surface area contributed by atoms with Crippen LogP contribution in [0.15, 0.2) is 78.0 Å². The summed E-state index contributed by atoms with van der Waals surface area (Å²) in [6.07, 6.45) is 3.71. The summed E-state index contributed by atoms with van der Waals surface area (Å²) >= 11 is 0. The van der Waals surface area contributed by atoms with Gasteiger partial charge in [-0.25, -0.2) is 0 Å². The minimum atomic E-state index is -1.18. The average Bonchev–Trinajstić information content (AvgIpc) is 3.21. The molecule has 5 rings (SSSR count). The van der Waals surface area contributed by atoms with E-state index in [1.54, 1.807) is 30.7 Å². The molecule has 1 aliphatic rings. The van der Waals surface area contributed by atoms with Gasteiger partial charge in [-0.3, -0.25) is 14.6 Å². The summed E-state index contributed by atoms with van der Waals surface area (Å²) in [6.45, 7) is 0. The topological polar surface area (TPSA) is 93.3 Å². The molecule has 0 saturated heterocycles. The number of H-pyrrole nitrogens is 1. The zero-order valence-corrected chi connectivity index (χ0v) is 15.1. The number of benzene rings is 2. The van der Waals surface area contributed by atoms with Crippen molar-refractivity contribution in [2.75, 3.05) is 5.32 Å². The van der Waals surface area contributed by atoms with Crippen molar-refractivity contribution in [2.24, 2.45) is 0 Å². The predicted octanol–water partition coefficient (Wildman–Crippen LogP) is 3.33. The predicted molar refractivity (Wildman–Crippen MR) is 108 cm³/mol. The first-order valence-electron chi connectivity index (χ1n) is 8.98. The number of rotatable bonds is 3. The van der Waals surface area contributed by atoms with Gasteiger partial charge in [-0.05, 0) is 35.2 Å². The molecule has 4 aromatic rings. The molecule has 2 aromatic carbocycles. The highest BCUT2D eigenvalue weighted by molar-refractivity contribution is 5.97. The number of fused-ring (bicyclic) bond motifs is 3. The number of hydrogen-bond acceptors (Lipinski definition) is 5. The van der Waals surface area contributed by atoms with Gasteiger partial charge in [0.1, 0.15) is 5.69 Å². The molecule has 3 heterocycles. The molecule has 0 bridgehead atoms. The van der Waals surface area contributed by atoms with Gasteiger partial charge in [0.2, 0.25) is 0 Å². The summed E-state index contributed by atoms with van der Waals surface area (Å²) in [5, 5.41) is 4.44. The molecular formula is C22H15N3O4. The largest absolute Gasteiger partial charge is 0.442 e. The first-order valence-corrected chi connectivity index (χ1v) is 8.98. The van der Waals surface area contributed by atoms with Gasteiger partial charge >= 0.3 is 12.2 Å². The standard InChI is InChI=1S/C22H15N3O4/c26-20-17(11-15(12-24-20)13-7-9-23-10-8-13)25-21(27)22-28-18-6-5-14-3-1-2-4-16(14)19(18)29-22/h1-12,22H,(H,24,26)(H,25,27). The number of anilines is 1. The van der Waals surface area contributed by atoms with Gasteiger partial charge in [-0.1, -0.05) is 30.3 Å². The molecule has 1 aliphatic heterocycles. The number of hydrogen-bond donors (Lipinski definition) is 2. The summed E-state index contributed by atoms with van der Waals surface area (Å²) in [7, 11) is 0. The molecule has 1 unspecified atom stereocenters. The summed E-state index contributed by atoms with van der Waals surface area (Å²) < 4.78 is 11.4. The molecule has 1 amide bonds. The van der Waals surface area contributed by atoms with E-state index in [4.69, 9.17) is 9.47 Å². The van der Waals surface area contributed by atoms with Gasteiger partial charge < -0.3 is 19.8 Å². The minimum Gasteiger partial charge on any atom is -0.442 e. The van der Waals surface area contributed by atoms with E-state index in [9.17, 15) is 9.59 Å². The number of carbonyl (C=O) groups excluding carboxylic acids is 1. The Labute approximate surface area is 164 Å². The van der Waals surface area contributed by atoms with Crippen LogP contribution in [-0.2, 0) is 4.79 Å². The van der Waals surface area contributed by atoms with Gasteiger partial charge in [0.25, 0.3) is 5.56 Å². The summed E-state index contributed by atoms with van der Waals surface area (Å²) in [5.74, 6) is 0.439. The van der Waals surface area contributed by atoms with E-state index in [0.29, 0.717) is 11.5 Å². The van der Waals surface area contributed by atoms with E-state index in [1.807, 2.05) is 42.5 Å². The lowest BCUT2D eigenvalue weighted by molar-refractivity contribution is -0.131. The minimum absolute atomic E-state index is 0.109. The molecule has 7 heteroatoms. The lowest BCUT2D eigenvalue weighted by Crippen LogP contribution is -2.36. The zero-order valence-electron chi connectivity index (χ0n) is 15.1. The van der Waals surface area contributed by atoms with E-state index < -0.39 is 17.8 Å². The third kappa shape index (κ3) is 3.08. The molecular weight excluding hydrogens is 370 g/mol. The van der Waals surface area contributed by atoms with Gasteiger partial charge in [0.05, 0.1) is 0 Å². The van der Waals surface area contributed by atoms with E-state index in [0.717, 1.165) is 21.9 Å². The maximum atomic E-state index is 12.7. The van der Waals surface area contributed by atoms with Gasteiger partial charge in [-0.15, -0.1) is 0 Å². The highest BCUT2D eigenvalue weighted by Gasteiger charge is 2.32. The third-order valence-electron chi connectivity index (χ3n) is 4.69. The second kappa shape index (κ2) is 6.79. The van der Waals surface area contributed by atoms with E-state index >= 15 is 0 Å². The van der Waals surface area contributed by atoms with Crippen LogP contribution in [0.2, 0.25) is 0 Å². The van der Waals surface area contributed by atoms with Crippen LogP contribution in [0, 0.1) is 0 Å². The van der Waals surface area contributed by atoms with Crippen LogP contribution in [0.3, 0.4) is 0 Å². The summed E-state index contributed by atoms with van der Waals surface area (Å²) in [6, 6.07) is 16.6. The van der Waals surface area contributed by atoms with Crippen LogP contribution in [0.25, 0.3) is 21.9 Å². The van der Waals surface area contributed by atoms with Gasteiger partial charge in [0.15, 0.2) is 11.5 Å². The molecule has 0 radical (unpaired) electrons. The van der Waals surface area contributed by atoms with E-state index in [1.165, 1.54) is 0 Å². The van der Waals surface area contributed by atoms with Crippen LogP contribution in [-0.4, -0.2) is 22.2 Å². The molecule has 0 spiro atoms. The number of nitrogens with one attached hydrogen (secondary N) is 2. The van der Waals surface area contributed by atoms with Crippen molar-refractivity contribution in [3.8, 4) is 22.6 Å². The third-order valence-corrected chi connectivity index (χ3v) is 4.69. The Kier molecular flexibility index (Phi) is 3.98. The van der Waals surface area contributed by atoms with Crippen molar-refractivity contribution in [1.82, 2.24) is 9.97 Å². The van der Waals surface area contributed by atoms with Crippen molar-refractivity contribution in [2.45, 2.75) is 6.29 Å². The SMILES string of the molecule is O=C(Nc1cc(-c2ccncc2)c[nH]c1=O)C1Oc2ccc3ccccc3c2O1. The van der Waals surface area contributed by atoms with Crippen molar-refractivity contribution in [3.05, 3.63) is 83.5 Å². The van der Waals surface area contributed by atoms with E-state index in [-0.39, 0.29) is 5.69 Å². The monoisotopic (exact) mass is 385 g/mol. The highest BCUT2D eigenvalue weighted by Crippen LogP contribution is 2.41. The molecule has 2 N–H and O–H groups in total. The Morgan fingerprint density at radius 2 is 1.83 bits per heavy atom. The molecule has 7 nitrogen and oxygen atoms in total. The maximum Gasteiger partial charge on any atom is 0.322 e. The number of aromatic nitrogens is 2. The van der Waals surface area contributed by atoms with Crippen molar-refractivity contribution < 1.29 is 14.3 Å². The molecule has 29 heavy (non-hydrogen) atoms. The fourth-order valence-electron chi connectivity index (χ4n) is 3.27. The Hall–Kier alpha value is -4.13. The second-order valence-electron chi connectivity index (χ2n) is 6.54. The van der Waals surface area contributed by atoms with Crippen molar-refractivity contribution in [1.29, 1.82) is 0 Å². The fourth-order valence-corrected chi connectivity index (χ4v) is 3.27. The molecule has 2 aromatic heterocycles. The molecule has 0 saturated carbocycles. The number of amides is 1. The zero-order chi connectivity index (χ0) is 19.8. The van der Waals surface area contributed by atoms with Gasteiger partial charge in [-0.2, -0.15) is 0 Å².